The van der Waals surface area contributed by atoms with E-state index in [2.05, 4.69) is 0 Å². The molecule has 0 aliphatic heterocycles. The number of nitrogens with zero attached hydrogens (tertiary/aromatic N) is 7. The van der Waals surface area contributed by atoms with Gasteiger partial charge in [0.1, 0.15) is 0 Å². The molecule has 31 heavy (non-hydrogen) atoms. The maximum Gasteiger partial charge on any atom is 5.00 e. The number of rotatable bonds is 0. The van der Waals surface area contributed by atoms with E-state index in [1.807, 2.05) is 0 Å². The van der Waals surface area contributed by atoms with Crippen molar-refractivity contribution in [3.63, 3.8) is 0 Å². The number of hydrogen-bond acceptors (Lipinski definition) is 21. The Kier molecular flexibility index (Phi) is 115. The first-order valence-electron chi connectivity index (χ1n) is 3.83. The van der Waals surface area contributed by atoms with Crippen LogP contribution in [0.4, 0.5) is 0 Å². The number of quaternary nitrogens is 2. The summed E-state index contributed by atoms with van der Waals surface area (Å²) in [5, 5.41) is 103. The Labute approximate surface area is 196 Å². The summed E-state index contributed by atoms with van der Waals surface area (Å²) in [4.78, 5) is 57.8. The third-order valence-electron chi connectivity index (χ3n) is 0. The Morgan fingerprint density at radius 2 is 0.258 bits per heavy atom. The van der Waals surface area contributed by atoms with E-state index < -0.39 is 35.6 Å². The van der Waals surface area contributed by atoms with E-state index in [0.29, 0.717) is 0 Å². The Morgan fingerprint density at radius 3 is 0.258 bits per heavy atom. The standard InChI is InChI=1S/Ce.7NO3.2H3N/c;7*2-1(3)4;;/h;;;;;;;;2*1H3/q+5;7*-1;;/p+2. The molecule has 0 unspecified atom stereocenters. The van der Waals surface area contributed by atoms with Crippen LogP contribution in [0.5, 0.6) is 0 Å². The van der Waals surface area contributed by atoms with Crippen molar-refractivity contribution >= 4 is 0 Å². The summed E-state index contributed by atoms with van der Waals surface area (Å²) in [6.45, 7) is 0. The van der Waals surface area contributed by atoms with E-state index >= 15 is 0 Å². The van der Waals surface area contributed by atoms with Crippen LogP contribution in [0.15, 0.2) is 0 Å². The molecule has 0 aromatic carbocycles. The van der Waals surface area contributed by atoms with E-state index in [9.17, 15) is 0 Å². The topological polar surface area (TPSA) is 536 Å². The molecular weight excluding hydrogens is 602 g/mol. The van der Waals surface area contributed by atoms with Gasteiger partial charge in [-0.05, 0) is 0 Å². The zero-order valence-corrected chi connectivity index (χ0v) is 17.3. The summed E-state index contributed by atoms with van der Waals surface area (Å²) >= 11 is 0. The van der Waals surface area contributed by atoms with Crippen LogP contribution in [0, 0.1) is 149 Å². The van der Waals surface area contributed by atoms with Crippen molar-refractivity contribution in [1.82, 2.24) is 12.3 Å². The van der Waals surface area contributed by atoms with Crippen LogP contribution < -0.4 is 12.3 Å². The van der Waals surface area contributed by atoms with E-state index in [0.717, 1.165) is 0 Å². The van der Waals surface area contributed by atoms with Crippen molar-refractivity contribution < 1.29 is 77.4 Å². The molecule has 0 fully saturated rings. The van der Waals surface area contributed by atoms with Crippen LogP contribution >= 0.6 is 0 Å². The molecule has 183 valence electrons. The van der Waals surface area contributed by atoms with Crippen LogP contribution in [0.3, 0.4) is 0 Å². The first-order chi connectivity index (χ1) is 12.1. The Balaban J connectivity index is -0.0000000204. The smallest absolute Gasteiger partial charge is 0.369 e. The Hall–Kier alpha value is -4.30. The van der Waals surface area contributed by atoms with Crippen LogP contribution in [0.2, 0.25) is 0 Å². The molecule has 0 amide bonds. The van der Waals surface area contributed by atoms with Gasteiger partial charge in [0.15, 0.2) is 0 Å². The second-order valence-electron chi connectivity index (χ2n) is 1.57. The summed E-state index contributed by atoms with van der Waals surface area (Å²) in [6.07, 6.45) is 0. The normalized spacial score (nSPS) is 5.42. The van der Waals surface area contributed by atoms with Crippen molar-refractivity contribution in [2.45, 2.75) is 0 Å². The van der Waals surface area contributed by atoms with Gasteiger partial charge in [0, 0.05) is 0 Å². The maximum absolute atomic E-state index is 8.25. The van der Waals surface area contributed by atoms with Gasteiger partial charge >= 0.3 is 41.7 Å². The van der Waals surface area contributed by atoms with Gasteiger partial charge in [-0.3, -0.25) is 0 Å². The summed E-state index contributed by atoms with van der Waals surface area (Å²) in [5.41, 5.74) is 0. The van der Waals surface area contributed by atoms with Gasteiger partial charge in [0.05, 0.1) is 35.6 Å². The van der Waals surface area contributed by atoms with Crippen LogP contribution in [-0.2, 0) is 0 Å². The SMILES string of the molecule is O=[N+]([O-])[O-].O=[N+]([O-])[O-].O=[N+]([O-])[O-].O=[N+]([O-])[O-].O=[N+]([O-])[O-].O=[N+]([O-])[O-].O=[N+]([O-])[O-].[Ce+5].[NH4+].[NH4+]. The zero-order chi connectivity index (χ0) is 25.0. The van der Waals surface area contributed by atoms with Gasteiger partial charge in [-0.25, -0.2) is 0 Å². The van der Waals surface area contributed by atoms with Gasteiger partial charge in [0.25, 0.3) is 0 Å². The molecule has 0 heterocycles. The molecule has 0 rings (SSSR count). The molecular formula is H8CeN9O21. The van der Waals surface area contributed by atoms with Crippen molar-refractivity contribution in [3.05, 3.63) is 107 Å². The molecule has 0 aliphatic carbocycles. The molecule has 0 saturated heterocycles. The fraction of sp³-hybridized carbons (Fsp3) is 0. The van der Waals surface area contributed by atoms with Crippen LogP contribution in [0.25, 0.3) is 0 Å². The summed E-state index contributed by atoms with van der Waals surface area (Å²) in [7, 11) is 0. The molecule has 31 heteroatoms. The van der Waals surface area contributed by atoms with Crippen LogP contribution in [-0.4, -0.2) is 35.6 Å². The largest absolute Gasteiger partial charge is 5.00 e. The molecule has 0 atom stereocenters. The van der Waals surface area contributed by atoms with Gasteiger partial charge in [-0.2, -0.15) is 0 Å². The zero-order valence-electron chi connectivity index (χ0n) is 14.2. The second-order valence-corrected chi connectivity index (χ2v) is 1.57. The van der Waals surface area contributed by atoms with Gasteiger partial charge < -0.3 is 120 Å². The monoisotopic (exact) mass is 610 g/mol. The molecule has 0 aromatic heterocycles. The maximum atomic E-state index is 8.25. The summed E-state index contributed by atoms with van der Waals surface area (Å²) in [5.74, 6) is 0. The molecule has 0 radical (unpaired) electrons. The van der Waals surface area contributed by atoms with Gasteiger partial charge in [0.2, 0.25) is 0 Å². The summed E-state index contributed by atoms with van der Waals surface area (Å²) in [6, 6.07) is 0. The number of hydrogen-bond donors (Lipinski definition) is 2. The first-order valence-corrected chi connectivity index (χ1v) is 3.83. The third-order valence-corrected chi connectivity index (χ3v) is 0. The molecule has 0 saturated carbocycles. The quantitative estimate of drug-likeness (QED) is 0.247. The minimum atomic E-state index is -1.75. The van der Waals surface area contributed by atoms with Crippen molar-refractivity contribution in [2.75, 3.05) is 0 Å². The minimum Gasteiger partial charge on any atom is -0.369 e. The van der Waals surface area contributed by atoms with E-state index in [1.165, 1.54) is 0 Å². The van der Waals surface area contributed by atoms with Gasteiger partial charge in [-0.15, -0.1) is 0 Å². The van der Waals surface area contributed by atoms with Crippen molar-refractivity contribution in [1.29, 1.82) is 0 Å². The third kappa shape index (κ3) is 779. The van der Waals surface area contributed by atoms with Crippen molar-refractivity contribution in [2.24, 2.45) is 0 Å². The first kappa shape index (κ1) is 63.2. The van der Waals surface area contributed by atoms with Crippen molar-refractivity contribution in [3.8, 4) is 0 Å². The fourth-order valence-corrected chi connectivity index (χ4v) is 0. The molecule has 0 spiro atoms. The predicted octanol–water partition coefficient (Wildman–Crippen LogP) is -0.921. The molecule has 8 N–H and O–H groups in total. The fourth-order valence-electron chi connectivity index (χ4n) is 0. The average Bonchev–Trinajstić information content (AvgIpc) is 2.20. The predicted molar refractivity (Wildman–Crippen MR) is 84.5 cm³/mol. The molecule has 30 nitrogen and oxygen atoms in total. The van der Waals surface area contributed by atoms with Gasteiger partial charge in [-0.1, -0.05) is 0 Å². The molecule has 0 aromatic rings. The van der Waals surface area contributed by atoms with E-state index in [4.69, 9.17) is 107 Å². The second kappa shape index (κ2) is 56.2. The Bertz CT molecular complexity index is 312. The van der Waals surface area contributed by atoms with E-state index in [1.54, 1.807) is 0 Å². The van der Waals surface area contributed by atoms with E-state index in [-0.39, 0.29) is 54.0 Å². The molecule has 0 bridgehead atoms. The molecule has 0 aliphatic rings. The van der Waals surface area contributed by atoms with Crippen LogP contribution in [0.1, 0.15) is 0 Å². The minimum absolute atomic E-state index is 0. The average molecular weight is 610 g/mol. The Morgan fingerprint density at radius 1 is 0.258 bits per heavy atom. The summed E-state index contributed by atoms with van der Waals surface area (Å²) < 4.78 is 0.